The van der Waals surface area contributed by atoms with E-state index in [4.69, 9.17) is 27.0 Å². The lowest BCUT2D eigenvalue weighted by atomic mass is 10.1. The van der Waals surface area contributed by atoms with Crippen LogP contribution in [0.2, 0.25) is 0 Å². The van der Waals surface area contributed by atoms with Gasteiger partial charge in [-0.15, -0.1) is 0 Å². The second-order valence-electron chi connectivity index (χ2n) is 8.34. The highest BCUT2D eigenvalue weighted by Gasteiger charge is 2.44. The maximum atomic E-state index is 11.2. The van der Waals surface area contributed by atoms with Gasteiger partial charge < -0.3 is 37.3 Å². The Kier molecular flexibility index (Phi) is 6.90. The third-order valence-corrected chi connectivity index (χ3v) is 5.87. The van der Waals surface area contributed by atoms with Crippen molar-refractivity contribution >= 4 is 28.6 Å². The molecule has 4 rings (SSSR count). The summed E-state index contributed by atoms with van der Waals surface area (Å²) in [5.41, 5.74) is 19.7. The number of aliphatic hydroxyl groups excluding tert-OH is 2. The molecule has 3 heterocycles. The number of aliphatic carboxylic acids is 1. The number of hydrogen-bond donors (Lipinski definition) is 6. The SMILES string of the molecule is Nc1cccc(CN(CC[C@H](N)C(=O)O)C[C@H]2O[C@@H](n3cnc4c(N)ncnc43)[C@H](O)[C@@H]2O)c1. The van der Waals surface area contributed by atoms with Gasteiger partial charge in [-0.1, -0.05) is 12.1 Å². The minimum absolute atomic E-state index is 0.189. The number of aliphatic hydroxyl groups is 2. The molecule has 1 aliphatic heterocycles. The lowest BCUT2D eigenvalue weighted by Gasteiger charge is -2.27. The quantitative estimate of drug-likeness (QED) is 0.205. The lowest BCUT2D eigenvalue weighted by molar-refractivity contribution is -0.138. The van der Waals surface area contributed by atoms with Crippen LogP contribution in [-0.2, 0) is 16.1 Å². The molecule has 0 bridgehead atoms. The van der Waals surface area contributed by atoms with Gasteiger partial charge in [-0.2, -0.15) is 0 Å². The average Bonchev–Trinajstić information content (AvgIpc) is 3.34. The van der Waals surface area contributed by atoms with Gasteiger partial charge >= 0.3 is 5.97 Å². The normalized spacial score (nSPS) is 23.5. The summed E-state index contributed by atoms with van der Waals surface area (Å²) in [6, 6.07) is 6.27. The Morgan fingerprint density at radius 3 is 2.74 bits per heavy atom. The Bertz CT molecular complexity index is 1160. The van der Waals surface area contributed by atoms with Crippen LogP contribution in [0.25, 0.3) is 11.2 Å². The van der Waals surface area contributed by atoms with E-state index >= 15 is 0 Å². The van der Waals surface area contributed by atoms with Crippen LogP contribution in [0.1, 0.15) is 18.2 Å². The van der Waals surface area contributed by atoms with Crippen molar-refractivity contribution in [2.75, 3.05) is 24.6 Å². The molecule has 0 amide bonds. The highest BCUT2D eigenvalue weighted by atomic mass is 16.6. The summed E-state index contributed by atoms with van der Waals surface area (Å²) in [7, 11) is 0. The molecule has 13 heteroatoms. The van der Waals surface area contributed by atoms with Crippen molar-refractivity contribution in [2.24, 2.45) is 5.73 Å². The second kappa shape index (κ2) is 9.87. The van der Waals surface area contributed by atoms with Gasteiger partial charge in [0.1, 0.15) is 36.2 Å². The number of nitrogens with zero attached hydrogens (tertiary/aromatic N) is 5. The number of imidazole rings is 1. The van der Waals surface area contributed by atoms with Crippen LogP contribution in [0.3, 0.4) is 0 Å². The molecule has 9 N–H and O–H groups in total. The highest BCUT2D eigenvalue weighted by molar-refractivity contribution is 5.81. The molecule has 34 heavy (non-hydrogen) atoms. The Morgan fingerprint density at radius 1 is 1.21 bits per heavy atom. The monoisotopic (exact) mass is 472 g/mol. The molecule has 1 fully saturated rings. The Morgan fingerprint density at radius 2 is 2.00 bits per heavy atom. The summed E-state index contributed by atoms with van der Waals surface area (Å²) in [5, 5.41) is 30.6. The number of carboxylic acid groups (broad SMARTS) is 1. The number of aromatic nitrogens is 4. The van der Waals surface area contributed by atoms with E-state index in [9.17, 15) is 15.0 Å². The predicted octanol–water partition coefficient (Wildman–Crippen LogP) is -1.09. The lowest BCUT2D eigenvalue weighted by Crippen LogP contribution is -2.42. The van der Waals surface area contributed by atoms with Crippen molar-refractivity contribution < 1.29 is 24.9 Å². The first-order valence-electron chi connectivity index (χ1n) is 10.7. The van der Waals surface area contributed by atoms with E-state index in [0.717, 1.165) is 5.56 Å². The van der Waals surface area contributed by atoms with Gasteiger partial charge in [-0.05, 0) is 24.1 Å². The fourth-order valence-corrected chi connectivity index (χ4v) is 4.05. The van der Waals surface area contributed by atoms with E-state index in [0.29, 0.717) is 29.9 Å². The number of hydrogen-bond acceptors (Lipinski definition) is 11. The molecule has 5 atom stereocenters. The van der Waals surface area contributed by atoms with Crippen LogP contribution in [0.15, 0.2) is 36.9 Å². The summed E-state index contributed by atoms with van der Waals surface area (Å²) in [6.07, 6.45) is -1.30. The molecule has 182 valence electrons. The maximum absolute atomic E-state index is 11.2. The van der Waals surface area contributed by atoms with Crippen LogP contribution in [-0.4, -0.2) is 83.2 Å². The third kappa shape index (κ3) is 4.93. The zero-order valence-electron chi connectivity index (χ0n) is 18.3. The number of carboxylic acids is 1. The topological polar surface area (TPSA) is 212 Å². The van der Waals surface area contributed by atoms with Crippen LogP contribution in [0, 0.1) is 0 Å². The van der Waals surface area contributed by atoms with E-state index < -0.39 is 36.6 Å². The summed E-state index contributed by atoms with van der Waals surface area (Å²) in [5.74, 6) is -0.902. The first kappa shape index (κ1) is 23.8. The van der Waals surface area contributed by atoms with E-state index in [1.807, 2.05) is 23.1 Å². The molecular formula is C21H28N8O5. The molecule has 1 saturated heterocycles. The molecule has 13 nitrogen and oxygen atoms in total. The molecule has 0 saturated carbocycles. The number of benzene rings is 1. The zero-order chi connectivity index (χ0) is 24.4. The molecule has 0 aliphatic carbocycles. The molecule has 0 radical (unpaired) electrons. The molecule has 0 unspecified atom stereocenters. The van der Waals surface area contributed by atoms with Gasteiger partial charge in [0.2, 0.25) is 0 Å². The summed E-state index contributed by atoms with van der Waals surface area (Å²) < 4.78 is 7.54. The number of nitrogens with two attached hydrogens (primary N) is 3. The van der Waals surface area contributed by atoms with Crippen molar-refractivity contribution in [1.29, 1.82) is 0 Å². The van der Waals surface area contributed by atoms with Gasteiger partial charge in [0.05, 0.1) is 6.33 Å². The van der Waals surface area contributed by atoms with E-state index in [2.05, 4.69) is 15.0 Å². The molecule has 1 aromatic carbocycles. The summed E-state index contributed by atoms with van der Waals surface area (Å²) >= 11 is 0. The van der Waals surface area contributed by atoms with E-state index in [-0.39, 0.29) is 18.8 Å². The van der Waals surface area contributed by atoms with Gasteiger partial charge in [-0.3, -0.25) is 14.3 Å². The first-order chi connectivity index (χ1) is 16.2. The van der Waals surface area contributed by atoms with E-state index in [1.165, 1.54) is 17.2 Å². The summed E-state index contributed by atoms with van der Waals surface area (Å²) in [6.45, 7) is 0.954. The van der Waals surface area contributed by atoms with Crippen LogP contribution in [0.4, 0.5) is 11.5 Å². The summed E-state index contributed by atoms with van der Waals surface area (Å²) in [4.78, 5) is 25.3. The van der Waals surface area contributed by atoms with Gasteiger partial charge in [0.15, 0.2) is 17.7 Å². The number of anilines is 2. The van der Waals surface area contributed by atoms with Crippen molar-refractivity contribution in [3.05, 3.63) is 42.5 Å². The number of fused-ring (bicyclic) bond motifs is 1. The van der Waals surface area contributed by atoms with E-state index in [1.54, 1.807) is 6.07 Å². The van der Waals surface area contributed by atoms with Crippen molar-refractivity contribution in [3.8, 4) is 0 Å². The van der Waals surface area contributed by atoms with Crippen molar-refractivity contribution in [2.45, 2.75) is 43.5 Å². The van der Waals surface area contributed by atoms with Crippen LogP contribution >= 0.6 is 0 Å². The minimum atomic E-state index is -1.26. The van der Waals surface area contributed by atoms with Crippen molar-refractivity contribution in [3.63, 3.8) is 0 Å². The van der Waals surface area contributed by atoms with Gasteiger partial charge in [0.25, 0.3) is 0 Å². The maximum Gasteiger partial charge on any atom is 0.320 e. The molecule has 2 aromatic heterocycles. The number of rotatable bonds is 9. The molecule has 0 spiro atoms. The Hall–Kier alpha value is -3.36. The fraction of sp³-hybridized carbons (Fsp3) is 0.429. The highest BCUT2D eigenvalue weighted by Crippen LogP contribution is 2.32. The number of nitrogen functional groups attached to an aromatic ring is 2. The minimum Gasteiger partial charge on any atom is -0.480 e. The first-order valence-corrected chi connectivity index (χ1v) is 10.7. The molecule has 1 aliphatic rings. The third-order valence-electron chi connectivity index (χ3n) is 5.87. The molecular weight excluding hydrogens is 444 g/mol. The Labute approximate surface area is 194 Å². The van der Waals surface area contributed by atoms with Crippen LogP contribution in [0.5, 0.6) is 0 Å². The van der Waals surface area contributed by atoms with Gasteiger partial charge in [0, 0.05) is 25.3 Å². The van der Waals surface area contributed by atoms with Crippen LogP contribution < -0.4 is 17.2 Å². The fourth-order valence-electron chi connectivity index (χ4n) is 4.05. The van der Waals surface area contributed by atoms with Crippen molar-refractivity contribution in [1.82, 2.24) is 24.4 Å². The molecule has 3 aromatic rings. The number of ether oxygens (including phenoxy) is 1. The standard InChI is InChI=1S/C21H28N8O5/c22-12-3-1-2-11(6-12)7-28(5-4-13(23)21(32)33)8-14-16(30)17(31)20(34-14)29-10-27-15-18(24)25-9-26-19(15)29/h1-3,6,9-10,13-14,16-17,20,30-31H,4-5,7-8,22-23H2,(H,32,33)(H2,24,25,26)/t13-,14+,16+,17+,20+/m0/s1. The predicted molar refractivity (Wildman–Crippen MR) is 122 cm³/mol. The van der Waals surface area contributed by atoms with Gasteiger partial charge in [-0.25, -0.2) is 15.0 Å². The largest absolute Gasteiger partial charge is 0.480 e. The smallest absolute Gasteiger partial charge is 0.320 e. The second-order valence-corrected chi connectivity index (χ2v) is 8.34. The zero-order valence-corrected chi connectivity index (χ0v) is 18.3. The number of carbonyl (C=O) groups is 1. The Balaban J connectivity index is 1.52. The average molecular weight is 473 g/mol.